The van der Waals surface area contributed by atoms with Gasteiger partial charge in [0.2, 0.25) is 11.8 Å². The summed E-state index contributed by atoms with van der Waals surface area (Å²) in [7, 11) is 0. The van der Waals surface area contributed by atoms with Gasteiger partial charge in [0.1, 0.15) is 18.2 Å². The normalized spacial score (nSPS) is 28.9. The Morgan fingerprint density at radius 1 is 1.15 bits per heavy atom. The number of fused-ring (bicyclic) bond motifs is 1. The second-order valence-corrected chi connectivity index (χ2v) is 13.0. The van der Waals surface area contributed by atoms with Crippen molar-refractivity contribution in [3.63, 3.8) is 0 Å². The number of hydrogen-bond donors (Lipinski definition) is 4. The number of esters is 1. The fraction of sp³-hybridized carbons (Fsp3) is 0.710. The maximum Gasteiger partial charge on any atom is 0.328 e. The lowest BCUT2D eigenvalue weighted by molar-refractivity contribution is -0.155. The molecular weight excluding hydrogens is 512 g/mol. The molecule has 40 heavy (non-hydrogen) atoms. The molecule has 3 fully saturated rings. The fourth-order valence-electron chi connectivity index (χ4n) is 7.47. The molecule has 0 bridgehead atoms. The molecule has 9 nitrogen and oxygen atoms in total. The average molecular weight is 559 g/mol. The van der Waals surface area contributed by atoms with E-state index >= 15 is 0 Å². The number of phenols is 2. The molecule has 4 rings (SSSR count). The Bertz CT molecular complexity index is 1120. The molecule has 4 N–H and O–H groups in total. The van der Waals surface area contributed by atoms with E-state index in [1.807, 2.05) is 13.8 Å². The van der Waals surface area contributed by atoms with Crippen LogP contribution in [0.3, 0.4) is 0 Å². The third-order valence-corrected chi connectivity index (χ3v) is 10.4. The molecule has 0 aromatic heterocycles. The molecule has 1 saturated heterocycles. The van der Waals surface area contributed by atoms with Crippen LogP contribution in [-0.4, -0.2) is 69.3 Å². The van der Waals surface area contributed by atoms with Crippen LogP contribution in [0.5, 0.6) is 11.5 Å². The molecule has 9 heteroatoms. The molecule has 7 atom stereocenters. The molecule has 2 amide bonds. The van der Waals surface area contributed by atoms with Gasteiger partial charge < -0.3 is 30.3 Å². The smallest absolute Gasteiger partial charge is 0.328 e. The predicted octanol–water partition coefficient (Wildman–Crippen LogP) is 3.53. The van der Waals surface area contributed by atoms with Gasteiger partial charge in [-0.3, -0.25) is 9.59 Å². The van der Waals surface area contributed by atoms with Crippen LogP contribution in [0.15, 0.2) is 18.2 Å². The van der Waals surface area contributed by atoms with E-state index in [0.717, 1.165) is 6.42 Å². The predicted molar refractivity (Wildman–Crippen MR) is 149 cm³/mol. The monoisotopic (exact) mass is 558 g/mol. The lowest BCUT2D eigenvalue weighted by atomic mass is 9.88. The maximum atomic E-state index is 13.7. The summed E-state index contributed by atoms with van der Waals surface area (Å²) in [5, 5.41) is 32.4. The highest BCUT2D eigenvalue weighted by Crippen LogP contribution is 2.78. The van der Waals surface area contributed by atoms with E-state index in [1.165, 1.54) is 35.9 Å². The van der Waals surface area contributed by atoms with Crippen molar-refractivity contribution in [2.45, 2.75) is 97.8 Å². The Balaban J connectivity index is 1.33. The summed E-state index contributed by atoms with van der Waals surface area (Å²) in [5.41, 5.74) is 1.22. The van der Waals surface area contributed by atoms with Gasteiger partial charge >= 0.3 is 5.97 Å². The Morgan fingerprint density at radius 3 is 2.50 bits per heavy atom. The first-order valence-corrected chi connectivity index (χ1v) is 14.8. The van der Waals surface area contributed by atoms with E-state index in [0.29, 0.717) is 60.6 Å². The molecule has 2 aliphatic carbocycles. The van der Waals surface area contributed by atoms with Gasteiger partial charge in [-0.05, 0) is 78.4 Å². The topological polar surface area (TPSA) is 136 Å². The number of carbonyl (C=O) groups excluding carboxylic acids is 3. The number of aromatic hydroxyl groups is 2. The molecule has 2 saturated carbocycles. The van der Waals surface area contributed by atoms with Gasteiger partial charge in [-0.1, -0.05) is 47.1 Å². The number of aliphatic hydroxyl groups excluding tert-OH is 1. The van der Waals surface area contributed by atoms with Crippen LogP contribution in [0.1, 0.15) is 78.7 Å². The number of rotatable bonds is 11. The third kappa shape index (κ3) is 5.67. The van der Waals surface area contributed by atoms with Crippen LogP contribution in [0.25, 0.3) is 0 Å². The lowest BCUT2D eigenvalue weighted by Crippen LogP contribution is -2.56. The van der Waals surface area contributed by atoms with Crippen molar-refractivity contribution < 1.29 is 34.4 Å². The number of ether oxygens (including phenoxy) is 1. The minimum Gasteiger partial charge on any atom is -0.504 e. The van der Waals surface area contributed by atoms with E-state index in [2.05, 4.69) is 26.1 Å². The van der Waals surface area contributed by atoms with Gasteiger partial charge in [0.25, 0.3) is 0 Å². The maximum absolute atomic E-state index is 13.7. The molecule has 1 aliphatic heterocycles. The second-order valence-electron chi connectivity index (χ2n) is 13.0. The van der Waals surface area contributed by atoms with E-state index in [9.17, 15) is 29.7 Å². The van der Waals surface area contributed by atoms with E-state index in [4.69, 9.17) is 4.74 Å². The summed E-state index contributed by atoms with van der Waals surface area (Å²) < 4.78 is 5.71. The SMILES string of the molecule is CCC(C)C(NC(=O)C(O)Cc1ccc(O)c(O)c1)C(=O)N1CCCC1C(=O)OCCC1CCC2(C)C1C2(C)C. The second kappa shape index (κ2) is 11.6. The Kier molecular flexibility index (Phi) is 8.74. The largest absolute Gasteiger partial charge is 0.504 e. The first-order valence-electron chi connectivity index (χ1n) is 14.8. The number of aliphatic hydroxyl groups is 1. The highest BCUT2D eigenvalue weighted by atomic mass is 16.5. The van der Waals surface area contributed by atoms with Crippen molar-refractivity contribution in [3.05, 3.63) is 23.8 Å². The summed E-state index contributed by atoms with van der Waals surface area (Å²) in [6.07, 6.45) is 3.49. The van der Waals surface area contributed by atoms with Gasteiger partial charge in [0.15, 0.2) is 11.5 Å². The number of nitrogens with zero attached hydrogens (tertiary/aromatic N) is 1. The van der Waals surface area contributed by atoms with Gasteiger partial charge in [-0.25, -0.2) is 4.79 Å². The van der Waals surface area contributed by atoms with Crippen molar-refractivity contribution in [2.24, 2.45) is 28.6 Å². The van der Waals surface area contributed by atoms with E-state index in [-0.39, 0.29) is 35.7 Å². The van der Waals surface area contributed by atoms with Crippen molar-refractivity contribution >= 4 is 17.8 Å². The van der Waals surface area contributed by atoms with Gasteiger partial charge in [0.05, 0.1) is 6.61 Å². The Labute approximate surface area is 237 Å². The number of amides is 2. The zero-order chi connectivity index (χ0) is 29.4. The summed E-state index contributed by atoms with van der Waals surface area (Å²) in [4.78, 5) is 41.2. The summed E-state index contributed by atoms with van der Waals surface area (Å²) >= 11 is 0. The first kappa shape index (κ1) is 30.2. The summed E-state index contributed by atoms with van der Waals surface area (Å²) in [6, 6.07) is 2.49. The molecule has 1 aromatic rings. The number of carbonyl (C=O) groups is 3. The van der Waals surface area contributed by atoms with Crippen LogP contribution < -0.4 is 5.32 Å². The molecule has 7 unspecified atom stereocenters. The van der Waals surface area contributed by atoms with Gasteiger partial charge in [-0.2, -0.15) is 0 Å². The molecule has 0 radical (unpaired) electrons. The van der Waals surface area contributed by atoms with Crippen molar-refractivity contribution in [1.82, 2.24) is 10.2 Å². The number of nitrogens with one attached hydrogen (secondary N) is 1. The van der Waals surface area contributed by atoms with Crippen molar-refractivity contribution in [2.75, 3.05) is 13.2 Å². The number of likely N-dealkylation sites (tertiary alicyclic amines) is 1. The average Bonchev–Trinajstić information content (AvgIpc) is 3.33. The standard InChI is InChI=1S/C31H46N2O7/c1-6-18(2)25(32-27(37)24(36)17-19-9-10-22(34)23(35)16-19)28(38)33-14-7-8-21(33)29(39)40-15-12-20-11-13-31(5)26(20)30(31,3)4/h9-10,16,18,20-21,24-26,34-36H,6-8,11-15,17H2,1-5H3,(H,32,37). The molecule has 1 aromatic carbocycles. The first-order chi connectivity index (χ1) is 18.8. The van der Waals surface area contributed by atoms with Crippen LogP contribution >= 0.6 is 0 Å². The number of benzene rings is 1. The highest BCUT2D eigenvalue weighted by Gasteiger charge is 2.72. The van der Waals surface area contributed by atoms with Crippen molar-refractivity contribution in [1.29, 1.82) is 0 Å². The Morgan fingerprint density at radius 2 is 1.88 bits per heavy atom. The molecule has 1 heterocycles. The molecule has 0 spiro atoms. The summed E-state index contributed by atoms with van der Waals surface area (Å²) in [5.74, 6) is -1.06. The Hall–Kier alpha value is -2.81. The zero-order valence-electron chi connectivity index (χ0n) is 24.5. The van der Waals surface area contributed by atoms with Crippen LogP contribution in [-0.2, 0) is 25.5 Å². The minimum atomic E-state index is -1.46. The highest BCUT2D eigenvalue weighted by molar-refractivity contribution is 5.92. The zero-order valence-corrected chi connectivity index (χ0v) is 24.5. The molecule has 3 aliphatic rings. The van der Waals surface area contributed by atoms with E-state index in [1.54, 1.807) is 0 Å². The lowest BCUT2D eigenvalue weighted by Gasteiger charge is -2.31. The van der Waals surface area contributed by atoms with Crippen LogP contribution in [0.4, 0.5) is 0 Å². The van der Waals surface area contributed by atoms with E-state index < -0.39 is 24.1 Å². The number of hydrogen-bond acceptors (Lipinski definition) is 7. The summed E-state index contributed by atoms with van der Waals surface area (Å²) in [6.45, 7) is 11.6. The minimum absolute atomic E-state index is 0.0993. The van der Waals surface area contributed by atoms with Gasteiger partial charge in [-0.15, -0.1) is 0 Å². The van der Waals surface area contributed by atoms with Crippen molar-refractivity contribution in [3.8, 4) is 11.5 Å². The quantitative estimate of drug-likeness (QED) is 0.241. The fourth-order valence-corrected chi connectivity index (χ4v) is 7.47. The number of phenolic OH excluding ortho intramolecular Hbond substituents is 2. The molecule has 222 valence electrons. The third-order valence-electron chi connectivity index (χ3n) is 10.4. The molecular formula is C31H46N2O7. The van der Waals surface area contributed by atoms with Gasteiger partial charge in [0, 0.05) is 13.0 Å². The van der Waals surface area contributed by atoms with Crippen LogP contribution in [0, 0.1) is 28.6 Å². The van der Waals surface area contributed by atoms with Crippen LogP contribution in [0.2, 0.25) is 0 Å².